The zero-order chi connectivity index (χ0) is 14.0. The van der Waals surface area contributed by atoms with Gasteiger partial charge in [-0.2, -0.15) is 5.10 Å². The molecule has 0 bridgehead atoms. The number of halogens is 3. The van der Waals surface area contributed by atoms with E-state index < -0.39 is 0 Å². The van der Waals surface area contributed by atoms with Crippen molar-refractivity contribution >= 4 is 43.5 Å². The number of hydrogen-bond donors (Lipinski definition) is 2. The second-order valence-corrected chi connectivity index (χ2v) is 6.23. The van der Waals surface area contributed by atoms with E-state index in [4.69, 9.17) is 17.4 Å². The van der Waals surface area contributed by atoms with Crippen LogP contribution in [0.1, 0.15) is 24.2 Å². The van der Waals surface area contributed by atoms with Crippen molar-refractivity contribution in [2.75, 3.05) is 0 Å². The van der Waals surface area contributed by atoms with Gasteiger partial charge in [0.25, 0.3) is 0 Å². The van der Waals surface area contributed by atoms with Crippen LogP contribution in [0.2, 0.25) is 5.02 Å². The summed E-state index contributed by atoms with van der Waals surface area (Å²) in [6.45, 7) is 2.74. The van der Waals surface area contributed by atoms with Gasteiger partial charge in [0.15, 0.2) is 0 Å². The van der Waals surface area contributed by atoms with Crippen molar-refractivity contribution in [3.8, 4) is 0 Å². The Kier molecular flexibility index (Phi) is 5.03. The summed E-state index contributed by atoms with van der Waals surface area (Å²) in [7, 11) is 0. The van der Waals surface area contributed by atoms with Gasteiger partial charge < -0.3 is 0 Å². The van der Waals surface area contributed by atoms with Gasteiger partial charge >= 0.3 is 0 Å². The molecule has 0 spiro atoms. The number of rotatable bonds is 4. The second-order valence-electron chi connectivity index (χ2n) is 4.00. The van der Waals surface area contributed by atoms with Crippen LogP contribution in [0, 0.1) is 0 Å². The Hall–Kier alpha value is -0.400. The van der Waals surface area contributed by atoms with Crippen molar-refractivity contribution in [1.82, 2.24) is 15.2 Å². The highest BCUT2D eigenvalue weighted by Crippen LogP contribution is 2.31. The van der Waals surface area contributed by atoms with E-state index in [0.29, 0.717) is 5.02 Å². The molecular weight excluding hydrogens is 395 g/mol. The molecule has 1 aromatic heterocycles. The van der Waals surface area contributed by atoms with Crippen LogP contribution in [-0.2, 0) is 6.54 Å². The van der Waals surface area contributed by atoms with E-state index in [1.54, 1.807) is 6.20 Å². The minimum absolute atomic E-state index is 0.219. The molecule has 1 heterocycles. The molecule has 102 valence electrons. The first-order valence-corrected chi connectivity index (χ1v) is 7.66. The van der Waals surface area contributed by atoms with Crippen LogP contribution >= 0.6 is 43.5 Å². The van der Waals surface area contributed by atoms with Crippen molar-refractivity contribution in [3.05, 3.63) is 49.6 Å². The van der Waals surface area contributed by atoms with E-state index in [1.807, 2.05) is 29.8 Å². The maximum Gasteiger partial charge on any atom is 0.0894 e. The molecular formula is C12H13Br2ClN4. The fourth-order valence-electron chi connectivity index (χ4n) is 1.99. The average molecular weight is 409 g/mol. The number of benzene rings is 1. The van der Waals surface area contributed by atoms with Gasteiger partial charge in [-0.15, -0.1) is 0 Å². The molecule has 1 unspecified atom stereocenters. The first kappa shape index (κ1) is 15.0. The Morgan fingerprint density at radius 2 is 2.00 bits per heavy atom. The Morgan fingerprint density at radius 3 is 2.53 bits per heavy atom. The molecule has 0 aliphatic heterocycles. The van der Waals surface area contributed by atoms with Gasteiger partial charge in [-0.25, -0.2) is 5.43 Å². The third-order valence-electron chi connectivity index (χ3n) is 2.79. The lowest BCUT2D eigenvalue weighted by atomic mass is 10.0. The van der Waals surface area contributed by atoms with E-state index >= 15 is 0 Å². The van der Waals surface area contributed by atoms with Crippen LogP contribution in [0.4, 0.5) is 0 Å². The van der Waals surface area contributed by atoms with Crippen LogP contribution in [0.25, 0.3) is 0 Å². The van der Waals surface area contributed by atoms with Gasteiger partial charge in [-0.3, -0.25) is 10.5 Å². The lowest BCUT2D eigenvalue weighted by molar-refractivity contribution is 0.543. The molecule has 0 radical (unpaired) electrons. The largest absolute Gasteiger partial charge is 0.271 e. The number of nitrogens with one attached hydrogen (secondary N) is 1. The molecule has 2 rings (SSSR count). The Morgan fingerprint density at radius 1 is 1.37 bits per heavy atom. The molecule has 1 aromatic carbocycles. The predicted molar refractivity (Wildman–Crippen MR) is 83.9 cm³/mol. The monoisotopic (exact) mass is 406 g/mol. The number of aromatic nitrogens is 2. The van der Waals surface area contributed by atoms with Crippen molar-refractivity contribution in [2.24, 2.45) is 5.84 Å². The van der Waals surface area contributed by atoms with Crippen molar-refractivity contribution in [3.63, 3.8) is 0 Å². The fraction of sp³-hybridized carbons (Fsp3) is 0.250. The lowest BCUT2D eigenvalue weighted by Crippen LogP contribution is -2.31. The highest BCUT2D eigenvalue weighted by molar-refractivity contribution is 9.11. The molecule has 4 nitrogen and oxygen atoms in total. The predicted octanol–water partition coefficient (Wildman–Crippen LogP) is 3.63. The molecule has 0 fully saturated rings. The quantitative estimate of drug-likeness (QED) is 0.600. The smallest absolute Gasteiger partial charge is 0.0894 e. The van der Waals surface area contributed by atoms with Gasteiger partial charge in [-0.05, 0) is 30.7 Å². The summed E-state index contributed by atoms with van der Waals surface area (Å²) in [5.74, 6) is 5.71. The first-order chi connectivity index (χ1) is 9.06. The van der Waals surface area contributed by atoms with E-state index in [2.05, 4.69) is 42.4 Å². The topological polar surface area (TPSA) is 55.9 Å². The number of hydrazine groups is 1. The van der Waals surface area contributed by atoms with Crippen LogP contribution in [0.5, 0.6) is 0 Å². The average Bonchev–Trinajstić information content (AvgIpc) is 2.71. The molecule has 0 aliphatic rings. The number of nitrogens with two attached hydrogens (primary N) is 1. The molecule has 19 heavy (non-hydrogen) atoms. The summed E-state index contributed by atoms with van der Waals surface area (Å²) in [4.78, 5) is 0. The van der Waals surface area contributed by atoms with E-state index in [1.165, 1.54) is 0 Å². The molecule has 2 aromatic rings. The Labute approximate surface area is 133 Å². The van der Waals surface area contributed by atoms with E-state index in [9.17, 15) is 0 Å². The second kappa shape index (κ2) is 6.37. The molecule has 0 saturated heterocycles. The molecule has 0 amide bonds. The third-order valence-corrected chi connectivity index (χ3v) is 4.00. The molecule has 1 atom stereocenters. The summed E-state index contributed by atoms with van der Waals surface area (Å²) < 4.78 is 3.77. The van der Waals surface area contributed by atoms with Gasteiger partial charge in [0.1, 0.15) is 0 Å². The van der Waals surface area contributed by atoms with E-state index in [0.717, 1.165) is 26.7 Å². The zero-order valence-electron chi connectivity index (χ0n) is 10.2. The SMILES string of the molecule is CCn1ncc(Cl)c1C(NN)c1cc(Br)cc(Br)c1. The minimum atomic E-state index is -0.219. The van der Waals surface area contributed by atoms with Gasteiger partial charge in [-0.1, -0.05) is 43.5 Å². The van der Waals surface area contributed by atoms with Crippen molar-refractivity contribution < 1.29 is 0 Å². The maximum atomic E-state index is 6.22. The summed E-state index contributed by atoms with van der Waals surface area (Å²) in [5, 5.41) is 4.84. The number of nitrogens with zero attached hydrogens (tertiary/aromatic N) is 2. The molecule has 7 heteroatoms. The summed E-state index contributed by atoms with van der Waals surface area (Å²) in [6, 6.07) is 5.75. The van der Waals surface area contributed by atoms with Gasteiger partial charge in [0, 0.05) is 15.5 Å². The van der Waals surface area contributed by atoms with Gasteiger partial charge in [0.2, 0.25) is 0 Å². The third kappa shape index (κ3) is 3.20. The van der Waals surface area contributed by atoms with Crippen molar-refractivity contribution in [2.45, 2.75) is 19.5 Å². The summed E-state index contributed by atoms with van der Waals surface area (Å²) in [5.41, 5.74) is 4.66. The van der Waals surface area contributed by atoms with Crippen molar-refractivity contribution in [1.29, 1.82) is 0 Å². The fourth-order valence-corrected chi connectivity index (χ4v) is 3.57. The number of hydrogen-bond acceptors (Lipinski definition) is 3. The van der Waals surface area contributed by atoms with Crippen LogP contribution in [0.3, 0.4) is 0 Å². The standard InChI is InChI=1S/C12H13Br2ClN4/c1-2-19-12(10(15)6-17-19)11(18-16)7-3-8(13)5-9(14)4-7/h3-6,11,18H,2,16H2,1H3. The Bertz CT molecular complexity index is 565. The minimum Gasteiger partial charge on any atom is -0.271 e. The maximum absolute atomic E-state index is 6.22. The summed E-state index contributed by atoms with van der Waals surface area (Å²) in [6.07, 6.45) is 1.64. The van der Waals surface area contributed by atoms with Crippen LogP contribution in [0.15, 0.2) is 33.3 Å². The molecule has 0 saturated carbocycles. The highest BCUT2D eigenvalue weighted by Gasteiger charge is 2.21. The molecule has 3 N–H and O–H groups in total. The van der Waals surface area contributed by atoms with Crippen LogP contribution in [-0.4, -0.2) is 9.78 Å². The first-order valence-electron chi connectivity index (χ1n) is 5.70. The molecule has 0 aliphatic carbocycles. The van der Waals surface area contributed by atoms with Crippen LogP contribution < -0.4 is 11.3 Å². The van der Waals surface area contributed by atoms with Gasteiger partial charge in [0.05, 0.1) is 23.0 Å². The lowest BCUT2D eigenvalue weighted by Gasteiger charge is -2.19. The summed E-state index contributed by atoms with van der Waals surface area (Å²) >= 11 is 13.2. The number of aryl methyl sites for hydroxylation is 1. The normalized spacial score (nSPS) is 12.7. The zero-order valence-corrected chi connectivity index (χ0v) is 14.1. The highest BCUT2D eigenvalue weighted by atomic mass is 79.9. The Balaban J connectivity index is 2.52. The van der Waals surface area contributed by atoms with E-state index in [-0.39, 0.29) is 6.04 Å².